The number of carbonyl (C=O) groups excluding carboxylic acids is 1. The van der Waals surface area contributed by atoms with Gasteiger partial charge in [-0.2, -0.15) is 0 Å². The summed E-state index contributed by atoms with van der Waals surface area (Å²) in [4.78, 5) is 11.6. The number of nitrogens with one attached hydrogen (secondary N) is 1. The zero-order chi connectivity index (χ0) is 13.1. The number of benzene rings is 1. The first kappa shape index (κ1) is 13.6. The average molecular weight is 243 g/mol. The molecular formula is C12H15F2NO2. The monoisotopic (exact) mass is 243 g/mol. The van der Waals surface area contributed by atoms with Crippen LogP contribution in [-0.4, -0.2) is 23.2 Å². The molecule has 5 heteroatoms. The molecule has 0 aromatic heterocycles. The van der Waals surface area contributed by atoms with Gasteiger partial charge in [-0.1, -0.05) is 6.92 Å². The number of aliphatic hydroxyl groups is 1. The van der Waals surface area contributed by atoms with Crippen LogP contribution in [0.15, 0.2) is 18.2 Å². The molecule has 1 rings (SSSR count). The molecule has 0 saturated carbocycles. The second kappa shape index (κ2) is 5.23. The molecule has 0 aliphatic heterocycles. The number of carbonyl (C=O) groups is 1. The molecule has 1 aromatic carbocycles. The van der Waals surface area contributed by atoms with Crippen LogP contribution in [0.25, 0.3) is 0 Å². The molecule has 1 atom stereocenters. The van der Waals surface area contributed by atoms with Crippen molar-refractivity contribution >= 4 is 5.91 Å². The maximum atomic E-state index is 12.9. The largest absolute Gasteiger partial charge is 0.388 e. The first-order valence-electron chi connectivity index (χ1n) is 5.31. The van der Waals surface area contributed by atoms with E-state index in [-0.39, 0.29) is 12.1 Å². The minimum absolute atomic E-state index is 0.0239. The van der Waals surface area contributed by atoms with E-state index in [1.165, 1.54) is 6.07 Å². The minimum atomic E-state index is -1.07. The molecule has 0 radical (unpaired) electrons. The molecule has 0 heterocycles. The highest BCUT2D eigenvalue weighted by atomic mass is 19.2. The maximum Gasteiger partial charge on any atom is 0.251 e. The van der Waals surface area contributed by atoms with E-state index in [1.54, 1.807) is 13.8 Å². The highest BCUT2D eigenvalue weighted by Gasteiger charge is 2.19. The van der Waals surface area contributed by atoms with Gasteiger partial charge in [0.05, 0.1) is 5.60 Å². The summed E-state index contributed by atoms with van der Waals surface area (Å²) >= 11 is 0. The Kier molecular flexibility index (Phi) is 4.17. The quantitative estimate of drug-likeness (QED) is 0.848. The lowest BCUT2D eigenvalue weighted by atomic mass is 10.0. The van der Waals surface area contributed by atoms with Gasteiger partial charge in [-0.3, -0.25) is 4.79 Å². The Morgan fingerprint density at radius 3 is 2.59 bits per heavy atom. The molecule has 3 nitrogen and oxygen atoms in total. The minimum Gasteiger partial charge on any atom is -0.388 e. The van der Waals surface area contributed by atoms with Crippen molar-refractivity contribution in [3.8, 4) is 0 Å². The predicted octanol–water partition coefficient (Wildman–Crippen LogP) is 1.86. The summed E-state index contributed by atoms with van der Waals surface area (Å²) in [5.41, 5.74) is -0.982. The molecule has 17 heavy (non-hydrogen) atoms. The van der Waals surface area contributed by atoms with Crippen molar-refractivity contribution in [3.05, 3.63) is 35.4 Å². The third kappa shape index (κ3) is 3.78. The van der Waals surface area contributed by atoms with Gasteiger partial charge in [-0.15, -0.1) is 0 Å². The summed E-state index contributed by atoms with van der Waals surface area (Å²) in [6.45, 7) is 3.42. The summed E-state index contributed by atoms with van der Waals surface area (Å²) in [7, 11) is 0. The van der Waals surface area contributed by atoms with Gasteiger partial charge < -0.3 is 10.4 Å². The Morgan fingerprint density at radius 1 is 1.41 bits per heavy atom. The summed E-state index contributed by atoms with van der Waals surface area (Å²) < 4.78 is 25.5. The molecule has 2 N–H and O–H groups in total. The van der Waals surface area contributed by atoms with E-state index in [0.29, 0.717) is 6.42 Å². The van der Waals surface area contributed by atoms with Crippen LogP contribution in [0.1, 0.15) is 30.6 Å². The van der Waals surface area contributed by atoms with Gasteiger partial charge >= 0.3 is 0 Å². The predicted molar refractivity (Wildman–Crippen MR) is 59.6 cm³/mol. The van der Waals surface area contributed by atoms with Crippen molar-refractivity contribution in [2.45, 2.75) is 25.9 Å². The topological polar surface area (TPSA) is 49.3 Å². The molecular weight excluding hydrogens is 228 g/mol. The third-order valence-corrected chi connectivity index (χ3v) is 2.57. The highest BCUT2D eigenvalue weighted by Crippen LogP contribution is 2.10. The van der Waals surface area contributed by atoms with Gasteiger partial charge in [-0.25, -0.2) is 8.78 Å². The average Bonchev–Trinajstić information content (AvgIpc) is 2.30. The van der Waals surface area contributed by atoms with E-state index in [4.69, 9.17) is 0 Å². The van der Waals surface area contributed by atoms with Crippen LogP contribution in [0, 0.1) is 11.6 Å². The van der Waals surface area contributed by atoms with Crippen LogP contribution in [0.3, 0.4) is 0 Å². The second-order valence-electron chi connectivity index (χ2n) is 4.16. The first-order chi connectivity index (χ1) is 7.85. The Hall–Kier alpha value is -1.49. The smallest absolute Gasteiger partial charge is 0.251 e. The molecule has 0 spiro atoms. The van der Waals surface area contributed by atoms with Gasteiger partial charge in [0.25, 0.3) is 5.91 Å². The second-order valence-corrected chi connectivity index (χ2v) is 4.16. The Bertz CT molecular complexity index is 419. The van der Waals surface area contributed by atoms with Crippen LogP contribution in [0.4, 0.5) is 8.78 Å². The van der Waals surface area contributed by atoms with Crippen molar-refractivity contribution in [1.29, 1.82) is 0 Å². The zero-order valence-corrected chi connectivity index (χ0v) is 9.76. The molecule has 1 unspecified atom stereocenters. The lowest BCUT2D eigenvalue weighted by molar-refractivity contribution is 0.0518. The zero-order valence-electron chi connectivity index (χ0n) is 9.76. The number of hydrogen-bond donors (Lipinski definition) is 2. The number of amides is 1. The van der Waals surface area contributed by atoms with Crippen LogP contribution < -0.4 is 5.32 Å². The van der Waals surface area contributed by atoms with E-state index in [9.17, 15) is 18.7 Å². The van der Waals surface area contributed by atoms with Crippen molar-refractivity contribution in [3.63, 3.8) is 0 Å². The van der Waals surface area contributed by atoms with Gasteiger partial charge in [0.2, 0.25) is 0 Å². The molecule has 94 valence electrons. The van der Waals surface area contributed by atoms with Crippen molar-refractivity contribution < 1.29 is 18.7 Å². The van der Waals surface area contributed by atoms with Crippen LogP contribution in [0.5, 0.6) is 0 Å². The van der Waals surface area contributed by atoms with E-state index in [0.717, 1.165) is 12.1 Å². The van der Waals surface area contributed by atoms with Crippen molar-refractivity contribution in [2.75, 3.05) is 6.54 Å². The number of hydrogen-bond acceptors (Lipinski definition) is 2. The molecule has 1 aromatic rings. The third-order valence-electron chi connectivity index (χ3n) is 2.57. The van der Waals surface area contributed by atoms with Crippen LogP contribution in [0.2, 0.25) is 0 Å². The van der Waals surface area contributed by atoms with Crippen molar-refractivity contribution in [2.24, 2.45) is 0 Å². The van der Waals surface area contributed by atoms with E-state index >= 15 is 0 Å². The van der Waals surface area contributed by atoms with Gasteiger partial charge in [0.15, 0.2) is 11.6 Å². The molecule has 1 amide bonds. The maximum absolute atomic E-state index is 12.9. The SMILES string of the molecule is CCC(C)(O)CNC(=O)c1ccc(F)c(F)c1. The van der Waals surface area contributed by atoms with Gasteiger partial charge in [-0.05, 0) is 31.5 Å². The normalized spacial score (nSPS) is 14.2. The molecule has 0 fully saturated rings. The number of halogens is 2. The van der Waals surface area contributed by atoms with Gasteiger partial charge in [0.1, 0.15) is 0 Å². The molecule has 0 bridgehead atoms. The fourth-order valence-electron chi connectivity index (χ4n) is 1.14. The molecule has 0 saturated heterocycles. The van der Waals surface area contributed by atoms with E-state index < -0.39 is 23.1 Å². The van der Waals surface area contributed by atoms with Crippen molar-refractivity contribution in [1.82, 2.24) is 5.32 Å². The van der Waals surface area contributed by atoms with Crippen LogP contribution in [-0.2, 0) is 0 Å². The summed E-state index contributed by atoms with van der Waals surface area (Å²) in [5.74, 6) is -2.61. The van der Waals surface area contributed by atoms with E-state index in [2.05, 4.69) is 5.32 Å². The van der Waals surface area contributed by atoms with Crippen LogP contribution >= 0.6 is 0 Å². The summed E-state index contributed by atoms with van der Waals surface area (Å²) in [5, 5.41) is 12.1. The Labute approximate surface area is 98.5 Å². The first-order valence-corrected chi connectivity index (χ1v) is 5.31. The fraction of sp³-hybridized carbons (Fsp3) is 0.417. The lowest BCUT2D eigenvalue weighted by Gasteiger charge is -2.21. The fourth-order valence-corrected chi connectivity index (χ4v) is 1.14. The Balaban J connectivity index is 2.68. The highest BCUT2D eigenvalue weighted by molar-refractivity contribution is 5.94. The lowest BCUT2D eigenvalue weighted by Crippen LogP contribution is -2.40. The Morgan fingerprint density at radius 2 is 2.06 bits per heavy atom. The summed E-state index contributed by atoms with van der Waals surface area (Å²) in [6, 6.07) is 2.90. The van der Waals surface area contributed by atoms with E-state index in [1.807, 2.05) is 0 Å². The van der Waals surface area contributed by atoms with Gasteiger partial charge in [0, 0.05) is 12.1 Å². The molecule has 0 aliphatic carbocycles. The number of rotatable bonds is 4. The molecule has 0 aliphatic rings. The standard InChI is InChI=1S/C12H15F2NO2/c1-3-12(2,17)7-15-11(16)8-4-5-9(13)10(14)6-8/h4-6,17H,3,7H2,1-2H3,(H,15,16). The summed E-state index contributed by atoms with van der Waals surface area (Å²) in [6.07, 6.45) is 0.477.